The van der Waals surface area contributed by atoms with Crippen LogP contribution in [0.25, 0.3) is 6.08 Å². The smallest absolute Gasteiger partial charge is 0.328 e. The molecular weight excluding hydrogens is 273 g/mol. The lowest BCUT2D eigenvalue weighted by molar-refractivity contribution is -0.131. The molecule has 0 amide bonds. The molecule has 0 heterocycles. The minimum atomic E-state index is -1.15. The molecule has 0 radical (unpaired) electrons. The number of benzene rings is 2. The van der Waals surface area contributed by atoms with Crippen molar-refractivity contribution in [3.05, 3.63) is 65.5 Å². The fourth-order valence-corrected chi connectivity index (χ4v) is 1.68. The van der Waals surface area contributed by atoms with E-state index in [9.17, 15) is 9.18 Å². The number of nitriles is 1. The predicted octanol–water partition coefficient (Wildman–Crippen LogP) is 3.59. The third-order valence-electron chi connectivity index (χ3n) is 2.62. The molecule has 0 unspecified atom stereocenters. The lowest BCUT2D eigenvalue weighted by Gasteiger charge is -2.10. The SMILES string of the molecule is N#Cc1ccccc1Oc1c(F)cccc1/C=C/C(=O)O. The average molecular weight is 283 g/mol. The number of hydrogen-bond donors (Lipinski definition) is 1. The van der Waals surface area contributed by atoms with E-state index in [-0.39, 0.29) is 22.6 Å². The topological polar surface area (TPSA) is 70.3 Å². The molecule has 0 fully saturated rings. The van der Waals surface area contributed by atoms with E-state index < -0.39 is 11.8 Å². The van der Waals surface area contributed by atoms with Gasteiger partial charge in [-0.3, -0.25) is 0 Å². The van der Waals surface area contributed by atoms with Crippen LogP contribution in [-0.2, 0) is 4.79 Å². The number of para-hydroxylation sites is 2. The van der Waals surface area contributed by atoms with Crippen LogP contribution < -0.4 is 4.74 Å². The van der Waals surface area contributed by atoms with E-state index in [2.05, 4.69) is 0 Å². The van der Waals surface area contributed by atoms with Gasteiger partial charge in [0.25, 0.3) is 0 Å². The van der Waals surface area contributed by atoms with Gasteiger partial charge in [0.15, 0.2) is 11.6 Å². The summed E-state index contributed by atoms with van der Waals surface area (Å²) in [6.07, 6.45) is 2.12. The van der Waals surface area contributed by atoms with Crippen LogP contribution in [0.2, 0.25) is 0 Å². The number of carboxylic acids is 1. The summed E-state index contributed by atoms with van der Waals surface area (Å²) in [7, 11) is 0. The first kappa shape index (κ1) is 14.3. The number of hydrogen-bond acceptors (Lipinski definition) is 3. The first-order valence-electron chi connectivity index (χ1n) is 5.98. The number of aliphatic carboxylic acids is 1. The maximum Gasteiger partial charge on any atom is 0.328 e. The Morgan fingerprint density at radius 1 is 1.24 bits per heavy atom. The van der Waals surface area contributed by atoms with Crippen LogP contribution >= 0.6 is 0 Å². The molecule has 0 aliphatic rings. The molecule has 0 aliphatic carbocycles. The van der Waals surface area contributed by atoms with Crippen molar-refractivity contribution in [3.63, 3.8) is 0 Å². The molecule has 0 bridgehead atoms. The molecule has 1 N–H and O–H groups in total. The maximum absolute atomic E-state index is 13.9. The first-order valence-corrected chi connectivity index (χ1v) is 5.98. The van der Waals surface area contributed by atoms with Crippen molar-refractivity contribution in [2.45, 2.75) is 0 Å². The molecule has 4 nitrogen and oxygen atoms in total. The second-order valence-electron chi connectivity index (χ2n) is 4.04. The average Bonchev–Trinajstić information content (AvgIpc) is 2.48. The van der Waals surface area contributed by atoms with Gasteiger partial charge in [0, 0.05) is 11.6 Å². The fraction of sp³-hybridized carbons (Fsp3) is 0. The zero-order chi connectivity index (χ0) is 15.2. The molecule has 2 rings (SSSR count). The first-order chi connectivity index (χ1) is 10.1. The molecule has 0 aliphatic heterocycles. The standard InChI is InChI=1S/C16H10FNO3/c17-13-6-3-5-11(8-9-15(19)20)16(13)21-14-7-2-1-4-12(14)10-18/h1-9H,(H,19,20)/b9-8+. The number of ether oxygens (including phenoxy) is 1. The van der Waals surface area contributed by atoms with E-state index in [1.165, 1.54) is 30.3 Å². The van der Waals surface area contributed by atoms with Gasteiger partial charge >= 0.3 is 5.97 Å². The molecule has 21 heavy (non-hydrogen) atoms. The maximum atomic E-state index is 13.9. The summed E-state index contributed by atoms with van der Waals surface area (Å²) < 4.78 is 19.4. The number of carbonyl (C=O) groups is 1. The zero-order valence-electron chi connectivity index (χ0n) is 10.8. The van der Waals surface area contributed by atoms with Gasteiger partial charge in [-0.15, -0.1) is 0 Å². The van der Waals surface area contributed by atoms with E-state index in [1.54, 1.807) is 18.2 Å². The molecule has 0 saturated carbocycles. The Balaban J connectivity index is 2.44. The highest BCUT2D eigenvalue weighted by molar-refractivity contribution is 5.86. The molecule has 0 saturated heterocycles. The van der Waals surface area contributed by atoms with E-state index in [4.69, 9.17) is 15.1 Å². The zero-order valence-corrected chi connectivity index (χ0v) is 10.8. The van der Waals surface area contributed by atoms with Gasteiger partial charge in [-0.2, -0.15) is 5.26 Å². The van der Waals surface area contributed by atoms with Gasteiger partial charge in [-0.1, -0.05) is 24.3 Å². The van der Waals surface area contributed by atoms with Crippen LogP contribution in [0.15, 0.2) is 48.5 Å². The van der Waals surface area contributed by atoms with Crippen LogP contribution in [0, 0.1) is 17.1 Å². The number of halogens is 1. The molecule has 0 spiro atoms. The van der Waals surface area contributed by atoms with Crippen LogP contribution in [0.3, 0.4) is 0 Å². The van der Waals surface area contributed by atoms with E-state index >= 15 is 0 Å². The minimum absolute atomic E-state index is 0.127. The Bertz CT molecular complexity index is 747. The molecule has 0 atom stereocenters. The third kappa shape index (κ3) is 3.45. The van der Waals surface area contributed by atoms with Gasteiger partial charge < -0.3 is 9.84 Å². The van der Waals surface area contributed by atoms with Crippen LogP contribution in [0.5, 0.6) is 11.5 Å². The van der Waals surface area contributed by atoms with Crippen molar-refractivity contribution in [1.29, 1.82) is 5.26 Å². The summed E-state index contributed by atoms with van der Waals surface area (Å²) in [6, 6.07) is 12.5. The number of rotatable bonds is 4. The highest BCUT2D eigenvalue weighted by Gasteiger charge is 2.11. The summed E-state index contributed by atoms with van der Waals surface area (Å²) >= 11 is 0. The highest BCUT2D eigenvalue weighted by atomic mass is 19.1. The second-order valence-corrected chi connectivity index (χ2v) is 4.04. The van der Waals surface area contributed by atoms with E-state index in [1.807, 2.05) is 6.07 Å². The summed E-state index contributed by atoms with van der Waals surface area (Å²) in [4.78, 5) is 10.6. The second kappa shape index (κ2) is 6.35. The van der Waals surface area contributed by atoms with Gasteiger partial charge in [-0.25, -0.2) is 9.18 Å². The van der Waals surface area contributed by atoms with Crippen molar-refractivity contribution in [2.24, 2.45) is 0 Å². The molecule has 104 valence electrons. The largest absolute Gasteiger partial charge is 0.478 e. The summed E-state index contributed by atoms with van der Waals surface area (Å²) in [5.74, 6) is -1.72. The quantitative estimate of drug-likeness (QED) is 0.870. The minimum Gasteiger partial charge on any atom is -0.478 e. The Kier molecular flexibility index (Phi) is 4.32. The molecular formula is C16H10FNO3. The van der Waals surface area contributed by atoms with E-state index in [0.717, 1.165) is 6.08 Å². The Morgan fingerprint density at radius 3 is 2.71 bits per heavy atom. The Morgan fingerprint density at radius 2 is 2.00 bits per heavy atom. The van der Waals surface area contributed by atoms with Crippen molar-refractivity contribution >= 4 is 12.0 Å². The van der Waals surface area contributed by atoms with Gasteiger partial charge in [0.1, 0.15) is 11.8 Å². The predicted molar refractivity (Wildman–Crippen MR) is 74.3 cm³/mol. The van der Waals surface area contributed by atoms with Crippen molar-refractivity contribution < 1.29 is 19.0 Å². The lowest BCUT2D eigenvalue weighted by Crippen LogP contribution is -1.94. The Hall–Kier alpha value is -3.13. The van der Waals surface area contributed by atoms with Crippen LogP contribution in [0.1, 0.15) is 11.1 Å². The molecule has 2 aromatic carbocycles. The molecule has 5 heteroatoms. The summed E-state index contributed by atoms with van der Waals surface area (Å²) in [5, 5.41) is 17.6. The number of nitrogens with zero attached hydrogens (tertiary/aromatic N) is 1. The monoisotopic (exact) mass is 283 g/mol. The van der Waals surface area contributed by atoms with Crippen molar-refractivity contribution in [1.82, 2.24) is 0 Å². The Labute approximate surface area is 120 Å². The fourth-order valence-electron chi connectivity index (χ4n) is 1.68. The molecule has 2 aromatic rings. The van der Waals surface area contributed by atoms with Crippen LogP contribution in [-0.4, -0.2) is 11.1 Å². The highest BCUT2D eigenvalue weighted by Crippen LogP contribution is 2.31. The van der Waals surface area contributed by atoms with Gasteiger partial charge in [-0.05, 0) is 24.3 Å². The van der Waals surface area contributed by atoms with Gasteiger partial charge in [0.05, 0.1) is 5.56 Å². The third-order valence-corrected chi connectivity index (χ3v) is 2.62. The lowest BCUT2D eigenvalue weighted by atomic mass is 10.1. The number of carboxylic acid groups (broad SMARTS) is 1. The van der Waals surface area contributed by atoms with E-state index in [0.29, 0.717) is 0 Å². The summed E-state index contributed by atoms with van der Waals surface area (Å²) in [5.41, 5.74) is 0.527. The molecule has 0 aromatic heterocycles. The van der Waals surface area contributed by atoms with Gasteiger partial charge in [0.2, 0.25) is 0 Å². The van der Waals surface area contributed by atoms with Crippen molar-refractivity contribution in [2.75, 3.05) is 0 Å². The van der Waals surface area contributed by atoms with Crippen LogP contribution in [0.4, 0.5) is 4.39 Å². The normalized spacial score (nSPS) is 10.3. The summed E-state index contributed by atoms with van der Waals surface area (Å²) in [6.45, 7) is 0. The van der Waals surface area contributed by atoms with Crippen molar-refractivity contribution in [3.8, 4) is 17.6 Å².